The van der Waals surface area contributed by atoms with Crippen molar-refractivity contribution in [3.8, 4) is 5.75 Å². The van der Waals surface area contributed by atoms with Crippen molar-refractivity contribution in [1.29, 1.82) is 0 Å². The summed E-state index contributed by atoms with van der Waals surface area (Å²) >= 11 is 7.06. The first-order chi connectivity index (χ1) is 9.03. The molecule has 0 aliphatic rings. The summed E-state index contributed by atoms with van der Waals surface area (Å²) in [5.41, 5.74) is 0.690. The number of sulfonamides is 1. The van der Waals surface area contributed by atoms with E-state index in [4.69, 9.17) is 16.3 Å². The highest BCUT2D eigenvalue weighted by molar-refractivity contribution is 7.91. The highest BCUT2D eigenvalue weighted by Crippen LogP contribution is 2.23. The molecule has 7 heteroatoms. The molecule has 0 aliphatic heterocycles. The number of halogens is 1. The highest BCUT2D eigenvalue weighted by atomic mass is 35.5. The fraction of sp³-hybridized carbons (Fsp3) is 0.167. The molecule has 0 aliphatic carbocycles. The molecule has 2 aromatic rings. The average molecular weight is 318 g/mol. The van der Waals surface area contributed by atoms with Gasteiger partial charge in [0.2, 0.25) is 10.0 Å². The van der Waals surface area contributed by atoms with Crippen molar-refractivity contribution in [2.45, 2.75) is 10.8 Å². The Morgan fingerprint density at radius 3 is 2.79 bits per heavy atom. The lowest BCUT2D eigenvalue weighted by atomic mass is 10.2. The summed E-state index contributed by atoms with van der Waals surface area (Å²) in [6, 6.07) is 8.33. The number of hydrogen-bond donors (Lipinski definition) is 1. The molecule has 0 unspecified atom stereocenters. The molecule has 2 rings (SSSR count). The number of benzene rings is 1. The molecule has 4 nitrogen and oxygen atoms in total. The van der Waals surface area contributed by atoms with E-state index >= 15 is 0 Å². The summed E-state index contributed by atoms with van der Waals surface area (Å²) in [7, 11) is -1.95. The van der Waals surface area contributed by atoms with Gasteiger partial charge in [0.15, 0.2) is 0 Å². The smallest absolute Gasteiger partial charge is 0.250 e. The first-order valence-electron chi connectivity index (χ1n) is 5.38. The fourth-order valence-electron chi connectivity index (χ4n) is 1.55. The van der Waals surface area contributed by atoms with Crippen molar-refractivity contribution in [2.75, 3.05) is 7.11 Å². The van der Waals surface area contributed by atoms with Gasteiger partial charge in [0.1, 0.15) is 9.96 Å². The second-order valence-electron chi connectivity index (χ2n) is 3.71. The van der Waals surface area contributed by atoms with Gasteiger partial charge in [-0.3, -0.25) is 0 Å². The summed E-state index contributed by atoms with van der Waals surface area (Å²) < 4.78 is 31.9. The maximum absolute atomic E-state index is 12.0. The molecule has 1 aromatic carbocycles. The summed E-state index contributed by atoms with van der Waals surface area (Å²) in [6.45, 7) is 0.129. The molecule has 1 aromatic heterocycles. The summed E-state index contributed by atoms with van der Waals surface area (Å²) in [4.78, 5) is 0. The predicted molar refractivity (Wildman–Crippen MR) is 76.3 cm³/mol. The van der Waals surface area contributed by atoms with Crippen LogP contribution in [0.25, 0.3) is 0 Å². The molecule has 0 radical (unpaired) electrons. The van der Waals surface area contributed by atoms with E-state index in [0.29, 0.717) is 16.3 Å². The Balaban J connectivity index is 2.17. The van der Waals surface area contributed by atoms with Gasteiger partial charge < -0.3 is 4.74 Å². The van der Waals surface area contributed by atoms with E-state index in [9.17, 15) is 8.42 Å². The molecule has 0 atom stereocenters. The molecule has 1 N–H and O–H groups in total. The number of rotatable bonds is 5. The van der Waals surface area contributed by atoms with E-state index in [1.807, 2.05) is 0 Å². The summed E-state index contributed by atoms with van der Waals surface area (Å²) in [5.74, 6) is 0.596. The first-order valence-corrected chi connectivity index (χ1v) is 8.12. The van der Waals surface area contributed by atoms with E-state index in [1.54, 1.807) is 35.7 Å². The molecule has 102 valence electrons. The fourth-order valence-corrected chi connectivity index (χ4v) is 3.78. The third kappa shape index (κ3) is 3.48. The number of hydrogen-bond acceptors (Lipinski definition) is 4. The predicted octanol–water partition coefficient (Wildman–Crippen LogP) is 2.89. The van der Waals surface area contributed by atoms with Crippen LogP contribution >= 0.6 is 22.9 Å². The molecule has 1 heterocycles. The Morgan fingerprint density at radius 1 is 1.37 bits per heavy atom. The normalized spacial score (nSPS) is 11.5. The van der Waals surface area contributed by atoms with Crippen molar-refractivity contribution in [2.24, 2.45) is 0 Å². The van der Waals surface area contributed by atoms with Gasteiger partial charge in [0, 0.05) is 17.1 Å². The SMILES string of the molecule is COc1ccc(Cl)cc1CNS(=O)(=O)c1cccs1. The first kappa shape index (κ1) is 14.3. The second-order valence-corrected chi connectivity index (χ2v) is 7.09. The van der Waals surface area contributed by atoms with Gasteiger partial charge in [-0.2, -0.15) is 0 Å². The van der Waals surface area contributed by atoms with Crippen LogP contribution in [0.2, 0.25) is 5.02 Å². The van der Waals surface area contributed by atoms with Crippen LogP contribution in [0.5, 0.6) is 5.75 Å². The van der Waals surface area contributed by atoms with E-state index in [0.717, 1.165) is 0 Å². The Labute approximate surface area is 121 Å². The van der Waals surface area contributed by atoms with E-state index in [1.165, 1.54) is 18.4 Å². The van der Waals surface area contributed by atoms with Gasteiger partial charge in [-0.1, -0.05) is 17.7 Å². The maximum atomic E-state index is 12.0. The minimum Gasteiger partial charge on any atom is -0.496 e. The van der Waals surface area contributed by atoms with Gasteiger partial charge in [-0.15, -0.1) is 11.3 Å². The van der Waals surface area contributed by atoms with Crippen LogP contribution < -0.4 is 9.46 Å². The lowest BCUT2D eigenvalue weighted by molar-refractivity contribution is 0.409. The van der Waals surface area contributed by atoms with Gasteiger partial charge in [-0.05, 0) is 29.6 Å². The zero-order valence-electron chi connectivity index (χ0n) is 10.1. The van der Waals surface area contributed by atoms with Gasteiger partial charge in [-0.25, -0.2) is 13.1 Å². The van der Waals surface area contributed by atoms with Crippen LogP contribution in [0.3, 0.4) is 0 Å². The number of methoxy groups -OCH3 is 1. The van der Waals surface area contributed by atoms with Crippen LogP contribution in [-0.2, 0) is 16.6 Å². The topological polar surface area (TPSA) is 55.4 Å². The van der Waals surface area contributed by atoms with Crippen LogP contribution in [0, 0.1) is 0 Å². The zero-order chi connectivity index (χ0) is 13.9. The molecule has 0 spiro atoms. The van der Waals surface area contributed by atoms with Crippen molar-refractivity contribution in [1.82, 2.24) is 4.72 Å². The van der Waals surface area contributed by atoms with Crippen molar-refractivity contribution >= 4 is 33.0 Å². The molecule has 19 heavy (non-hydrogen) atoms. The van der Waals surface area contributed by atoms with Gasteiger partial charge in [0.25, 0.3) is 0 Å². The van der Waals surface area contributed by atoms with Gasteiger partial charge >= 0.3 is 0 Å². The Bertz CT molecular complexity index is 654. The second kappa shape index (κ2) is 5.92. The van der Waals surface area contributed by atoms with E-state index in [2.05, 4.69) is 4.72 Å². The maximum Gasteiger partial charge on any atom is 0.250 e. The van der Waals surface area contributed by atoms with Crippen molar-refractivity contribution < 1.29 is 13.2 Å². The number of thiophene rings is 1. The summed E-state index contributed by atoms with van der Waals surface area (Å²) in [6.07, 6.45) is 0. The van der Waals surface area contributed by atoms with E-state index < -0.39 is 10.0 Å². The van der Waals surface area contributed by atoms with Crippen LogP contribution in [0.15, 0.2) is 39.9 Å². The van der Waals surface area contributed by atoms with Crippen LogP contribution in [0.4, 0.5) is 0 Å². The van der Waals surface area contributed by atoms with Crippen molar-refractivity contribution in [3.63, 3.8) is 0 Å². The molecule has 0 fully saturated rings. The average Bonchev–Trinajstić information content (AvgIpc) is 2.91. The van der Waals surface area contributed by atoms with Crippen molar-refractivity contribution in [3.05, 3.63) is 46.3 Å². The number of nitrogens with one attached hydrogen (secondary N) is 1. The molecule has 0 bridgehead atoms. The van der Waals surface area contributed by atoms with Gasteiger partial charge in [0.05, 0.1) is 7.11 Å². The molecule has 0 saturated heterocycles. The highest BCUT2D eigenvalue weighted by Gasteiger charge is 2.15. The third-order valence-corrected chi connectivity index (χ3v) is 5.49. The molecule has 0 amide bonds. The minimum absolute atomic E-state index is 0.129. The summed E-state index contributed by atoms with van der Waals surface area (Å²) in [5, 5.41) is 2.25. The lowest BCUT2D eigenvalue weighted by Crippen LogP contribution is -2.22. The zero-order valence-corrected chi connectivity index (χ0v) is 12.5. The largest absolute Gasteiger partial charge is 0.496 e. The van der Waals surface area contributed by atoms with Crippen LogP contribution in [-0.4, -0.2) is 15.5 Å². The number of ether oxygens (including phenoxy) is 1. The van der Waals surface area contributed by atoms with E-state index in [-0.39, 0.29) is 10.8 Å². The molecular formula is C12H12ClNO3S2. The molecule has 0 saturated carbocycles. The Morgan fingerprint density at radius 2 is 2.16 bits per heavy atom. The third-order valence-electron chi connectivity index (χ3n) is 2.46. The Hall–Kier alpha value is -1.08. The van der Waals surface area contributed by atoms with Crippen LogP contribution in [0.1, 0.15) is 5.56 Å². The quantitative estimate of drug-likeness (QED) is 0.922. The molecular weight excluding hydrogens is 306 g/mol. The standard InChI is InChI=1S/C12H12ClNO3S2/c1-17-11-5-4-10(13)7-9(11)8-14-19(15,16)12-3-2-6-18-12/h2-7,14H,8H2,1H3. The monoisotopic (exact) mass is 317 g/mol. The minimum atomic E-state index is -3.48. The Kier molecular flexibility index (Phi) is 4.46. The lowest BCUT2D eigenvalue weighted by Gasteiger charge is -2.10.